The minimum absolute atomic E-state index is 0.167. The first-order valence-corrected chi connectivity index (χ1v) is 13.5. The molecule has 1 aliphatic carbocycles. The molecule has 1 aromatic rings. The van der Waals surface area contributed by atoms with Crippen LogP contribution in [0.4, 0.5) is 4.79 Å². The lowest BCUT2D eigenvalue weighted by atomic mass is 9.85. The number of fused-ring (bicyclic) bond motifs is 2. The van der Waals surface area contributed by atoms with Gasteiger partial charge in [0, 0.05) is 42.8 Å². The van der Waals surface area contributed by atoms with Crippen molar-refractivity contribution < 1.29 is 19.0 Å². The van der Waals surface area contributed by atoms with Crippen LogP contribution in [0.2, 0.25) is 0 Å². The standard InChI is InChI=1S/C28H36ClN3O4/c1-2-15-36-28(33)32-12-10-23-24-19-21(29)6-9-25(24)30-26(23)27(32)20-4-7-22(8-5-20)35-16-3-11-31-13-17-34-18-14-31/h4-9,19,24-25,27,30H,2-3,10-18H2,1H3. The van der Waals surface area contributed by atoms with Gasteiger partial charge in [-0.05, 0) is 48.6 Å². The molecule has 5 rings (SSSR count). The molecule has 0 bridgehead atoms. The molecule has 3 unspecified atom stereocenters. The van der Waals surface area contributed by atoms with Crippen molar-refractivity contribution in [2.75, 3.05) is 52.6 Å². The highest BCUT2D eigenvalue weighted by molar-refractivity contribution is 6.31. The molecule has 1 amide bonds. The Balaban J connectivity index is 1.29. The number of rotatable bonds is 8. The predicted molar refractivity (Wildman–Crippen MR) is 140 cm³/mol. The summed E-state index contributed by atoms with van der Waals surface area (Å²) in [6.07, 6.45) is 8.51. The Morgan fingerprint density at radius 3 is 2.75 bits per heavy atom. The Morgan fingerprint density at radius 1 is 1.17 bits per heavy atom. The number of nitrogens with one attached hydrogen (secondary N) is 1. The minimum Gasteiger partial charge on any atom is -0.494 e. The van der Waals surface area contributed by atoms with Crippen molar-refractivity contribution in [1.82, 2.24) is 15.1 Å². The number of hydrogen-bond donors (Lipinski definition) is 1. The predicted octanol–water partition coefficient (Wildman–Crippen LogP) is 4.62. The molecule has 8 heteroatoms. The number of hydrogen-bond acceptors (Lipinski definition) is 6. The van der Waals surface area contributed by atoms with Crippen molar-refractivity contribution >= 4 is 17.7 Å². The summed E-state index contributed by atoms with van der Waals surface area (Å²) in [5.41, 5.74) is 3.47. The Morgan fingerprint density at radius 2 is 1.97 bits per heavy atom. The zero-order valence-corrected chi connectivity index (χ0v) is 21.7. The Kier molecular flexibility index (Phi) is 8.19. The molecule has 0 saturated carbocycles. The number of nitrogens with zero attached hydrogens (tertiary/aromatic N) is 2. The van der Waals surface area contributed by atoms with Crippen LogP contribution in [0.1, 0.15) is 37.8 Å². The van der Waals surface area contributed by atoms with Gasteiger partial charge in [0.1, 0.15) is 11.8 Å². The van der Waals surface area contributed by atoms with Gasteiger partial charge in [-0.1, -0.05) is 42.8 Å². The monoisotopic (exact) mass is 513 g/mol. The van der Waals surface area contributed by atoms with E-state index >= 15 is 0 Å². The highest BCUT2D eigenvalue weighted by Gasteiger charge is 2.43. The lowest BCUT2D eigenvalue weighted by Crippen LogP contribution is -2.42. The first-order chi connectivity index (χ1) is 17.6. The van der Waals surface area contributed by atoms with Crippen LogP contribution in [0.15, 0.2) is 58.8 Å². The fourth-order valence-electron chi connectivity index (χ4n) is 5.50. The van der Waals surface area contributed by atoms with Crippen LogP contribution < -0.4 is 10.1 Å². The van der Waals surface area contributed by atoms with Crippen molar-refractivity contribution in [3.8, 4) is 5.75 Å². The number of carbonyl (C=O) groups is 1. The maximum Gasteiger partial charge on any atom is 0.410 e. The molecule has 0 aromatic heterocycles. The second-order valence-electron chi connectivity index (χ2n) is 9.73. The quantitative estimate of drug-likeness (QED) is 0.512. The van der Waals surface area contributed by atoms with E-state index in [9.17, 15) is 4.79 Å². The molecule has 3 atom stereocenters. The Bertz CT molecular complexity index is 1020. The average Bonchev–Trinajstić information content (AvgIpc) is 3.28. The van der Waals surface area contributed by atoms with Gasteiger partial charge in [0.15, 0.2) is 0 Å². The average molecular weight is 514 g/mol. The molecule has 36 heavy (non-hydrogen) atoms. The van der Waals surface area contributed by atoms with Crippen molar-refractivity contribution in [1.29, 1.82) is 0 Å². The molecule has 3 aliphatic heterocycles. The summed E-state index contributed by atoms with van der Waals surface area (Å²) in [5.74, 6) is 1.07. The van der Waals surface area contributed by atoms with E-state index in [4.69, 9.17) is 25.8 Å². The Hall–Kier alpha value is -2.48. The fraction of sp³-hybridized carbons (Fsp3) is 0.536. The summed E-state index contributed by atoms with van der Waals surface area (Å²) in [6.45, 7) is 8.38. The van der Waals surface area contributed by atoms with Gasteiger partial charge < -0.3 is 19.5 Å². The smallest absolute Gasteiger partial charge is 0.410 e. The molecule has 1 fully saturated rings. The zero-order valence-electron chi connectivity index (χ0n) is 21.0. The van der Waals surface area contributed by atoms with Crippen molar-refractivity contribution in [2.24, 2.45) is 5.92 Å². The van der Waals surface area contributed by atoms with E-state index in [1.807, 2.05) is 30.0 Å². The number of allylic oxidation sites excluding steroid dienone is 2. The van der Waals surface area contributed by atoms with E-state index in [-0.39, 0.29) is 24.1 Å². The van der Waals surface area contributed by atoms with Crippen LogP contribution in [0, 0.1) is 5.92 Å². The first kappa shape index (κ1) is 25.2. The summed E-state index contributed by atoms with van der Waals surface area (Å²) in [4.78, 5) is 17.3. The second-order valence-corrected chi connectivity index (χ2v) is 10.2. The van der Waals surface area contributed by atoms with Crippen molar-refractivity contribution in [3.05, 3.63) is 64.4 Å². The van der Waals surface area contributed by atoms with E-state index in [0.717, 1.165) is 74.2 Å². The number of amides is 1. The van der Waals surface area contributed by atoms with Crippen molar-refractivity contribution in [2.45, 2.75) is 38.3 Å². The minimum atomic E-state index is -0.266. The molecule has 1 aromatic carbocycles. The van der Waals surface area contributed by atoms with Gasteiger partial charge in [0.25, 0.3) is 0 Å². The van der Waals surface area contributed by atoms with Gasteiger partial charge in [0.05, 0.1) is 32.5 Å². The topological polar surface area (TPSA) is 63.3 Å². The van der Waals surface area contributed by atoms with E-state index in [2.05, 4.69) is 34.5 Å². The van der Waals surface area contributed by atoms with E-state index in [1.54, 1.807) is 0 Å². The van der Waals surface area contributed by atoms with Crippen LogP contribution >= 0.6 is 11.6 Å². The molecule has 7 nitrogen and oxygen atoms in total. The molecular formula is C28H36ClN3O4. The van der Waals surface area contributed by atoms with Gasteiger partial charge in [-0.15, -0.1) is 0 Å². The normalized spacial score (nSPS) is 25.7. The van der Waals surface area contributed by atoms with Gasteiger partial charge in [-0.2, -0.15) is 0 Å². The van der Waals surface area contributed by atoms with Gasteiger partial charge >= 0.3 is 6.09 Å². The molecule has 1 saturated heterocycles. The maximum absolute atomic E-state index is 13.0. The number of carbonyl (C=O) groups excluding carboxylic acids is 1. The van der Waals surface area contributed by atoms with Gasteiger partial charge in [-0.25, -0.2) is 4.79 Å². The van der Waals surface area contributed by atoms with E-state index in [1.165, 1.54) is 5.57 Å². The van der Waals surface area contributed by atoms with Crippen molar-refractivity contribution in [3.63, 3.8) is 0 Å². The van der Waals surface area contributed by atoms with E-state index < -0.39 is 0 Å². The summed E-state index contributed by atoms with van der Waals surface area (Å²) >= 11 is 6.34. The highest BCUT2D eigenvalue weighted by atomic mass is 35.5. The van der Waals surface area contributed by atoms with Crippen LogP contribution in [0.25, 0.3) is 0 Å². The van der Waals surface area contributed by atoms with Gasteiger partial charge in [0.2, 0.25) is 0 Å². The SMILES string of the molecule is CCCOC(=O)N1CCC2=C(NC3C=CC(Cl)=CC23)C1c1ccc(OCCCN2CCOCC2)cc1. The molecule has 4 aliphatic rings. The summed E-state index contributed by atoms with van der Waals surface area (Å²) < 4.78 is 17.0. The number of halogens is 1. The number of benzene rings is 1. The zero-order chi connectivity index (χ0) is 24.9. The number of ether oxygens (including phenoxy) is 3. The Labute approximate surface area is 218 Å². The van der Waals surface area contributed by atoms with Gasteiger partial charge in [-0.3, -0.25) is 9.80 Å². The largest absolute Gasteiger partial charge is 0.494 e. The summed E-state index contributed by atoms with van der Waals surface area (Å²) in [5, 5.41) is 4.45. The molecule has 194 valence electrons. The first-order valence-electron chi connectivity index (χ1n) is 13.2. The third kappa shape index (κ3) is 5.58. The van der Waals surface area contributed by atoms with Crippen LogP contribution in [-0.2, 0) is 9.47 Å². The highest BCUT2D eigenvalue weighted by Crippen LogP contribution is 2.45. The molecule has 0 spiro atoms. The van der Waals surface area contributed by atoms with Crippen LogP contribution in [0.5, 0.6) is 5.75 Å². The third-order valence-corrected chi connectivity index (χ3v) is 7.57. The summed E-state index contributed by atoms with van der Waals surface area (Å²) in [7, 11) is 0. The van der Waals surface area contributed by atoms with Crippen LogP contribution in [0.3, 0.4) is 0 Å². The number of morpholine rings is 1. The molecule has 3 heterocycles. The summed E-state index contributed by atoms with van der Waals surface area (Å²) in [6, 6.07) is 8.10. The molecule has 1 N–H and O–H groups in total. The maximum atomic E-state index is 13.0. The van der Waals surface area contributed by atoms with E-state index in [0.29, 0.717) is 19.8 Å². The third-order valence-electron chi connectivity index (χ3n) is 7.32. The molecule has 0 radical (unpaired) electrons. The lowest BCUT2D eigenvalue weighted by Gasteiger charge is -2.37. The van der Waals surface area contributed by atoms with Crippen LogP contribution in [-0.4, -0.2) is 74.5 Å². The lowest BCUT2D eigenvalue weighted by molar-refractivity contribution is 0.0358. The molecular weight excluding hydrogens is 478 g/mol. The second kappa shape index (κ2) is 11.7. The fourth-order valence-corrected chi connectivity index (χ4v) is 5.71.